The average molecular weight is 353 g/mol. The fourth-order valence-electron chi connectivity index (χ4n) is 3.08. The first-order chi connectivity index (χ1) is 11.5. The van der Waals surface area contributed by atoms with Crippen LogP contribution >= 0.6 is 0 Å². The third kappa shape index (κ3) is 5.31. The summed E-state index contributed by atoms with van der Waals surface area (Å²) in [5.41, 5.74) is 0.894. The maximum atomic E-state index is 12.4. The molecule has 1 aromatic rings. The van der Waals surface area contributed by atoms with Crippen molar-refractivity contribution in [1.29, 1.82) is 0 Å². The van der Waals surface area contributed by atoms with E-state index in [9.17, 15) is 13.2 Å². The van der Waals surface area contributed by atoms with Crippen LogP contribution in [-0.2, 0) is 14.8 Å². The lowest BCUT2D eigenvalue weighted by molar-refractivity contribution is -0.118. The summed E-state index contributed by atoms with van der Waals surface area (Å²) in [5.74, 6) is 0.205. The molecule has 1 heterocycles. The van der Waals surface area contributed by atoms with Crippen molar-refractivity contribution < 1.29 is 13.2 Å². The van der Waals surface area contributed by atoms with Crippen LogP contribution in [0.3, 0.4) is 0 Å². The van der Waals surface area contributed by atoms with E-state index in [-0.39, 0.29) is 11.7 Å². The molecule has 1 fully saturated rings. The van der Waals surface area contributed by atoms with Crippen LogP contribution in [0.2, 0.25) is 0 Å². The number of piperidine rings is 1. The van der Waals surface area contributed by atoms with Gasteiger partial charge in [0.25, 0.3) is 0 Å². The summed E-state index contributed by atoms with van der Waals surface area (Å²) in [6.07, 6.45) is 4.57. The van der Waals surface area contributed by atoms with E-state index in [1.165, 1.54) is 0 Å². The lowest BCUT2D eigenvalue weighted by Crippen LogP contribution is -2.37. The highest BCUT2D eigenvalue weighted by atomic mass is 32.2. The summed E-state index contributed by atoms with van der Waals surface area (Å²) in [6.45, 7) is 3.87. The van der Waals surface area contributed by atoms with Crippen molar-refractivity contribution >= 4 is 21.6 Å². The van der Waals surface area contributed by atoms with E-state index in [1.807, 2.05) is 37.3 Å². The fraction of sp³-hybridized carbons (Fsp3) is 0.611. The summed E-state index contributed by atoms with van der Waals surface area (Å²) in [4.78, 5) is 14.1. The van der Waals surface area contributed by atoms with Gasteiger partial charge < -0.3 is 4.90 Å². The van der Waals surface area contributed by atoms with Crippen LogP contribution in [0.4, 0.5) is 5.69 Å². The number of para-hydroxylation sites is 1. The van der Waals surface area contributed by atoms with Gasteiger partial charge in [0.05, 0.1) is 5.75 Å². The molecule has 1 aliphatic rings. The van der Waals surface area contributed by atoms with Gasteiger partial charge in [-0.05, 0) is 44.7 Å². The van der Waals surface area contributed by atoms with E-state index >= 15 is 0 Å². The topological polar surface area (TPSA) is 57.7 Å². The van der Waals surface area contributed by atoms with Gasteiger partial charge in [-0.1, -0.05) is 24.6 Å². The van der Waals surface area contributed by atoms with Crippen molar-refractivity contribution in [2.24, 2.45) is 0 Å². The van der Waals surface area contributed by atoms with Crippen molar-refractivity contribution in [2.45, 2.75) is 45.4 Å². The molecule has 1 aliphatic heterocycles. The van der Waals surface area contributed by atoms with Crippen LogP contribution in [0.25, 0.3) is 0 Å². The first-order valence-corrected chi connectivity index (χ1v) is 10.5. The maximum absolute atomic E-state index is 12.4. The molecule has 0 spiro atoms. The largest absolute Gasteiger partial charge is 0.313 e. The Morgan fingerprint density at radius 2 is 1.75 bits per heavy atom. The van der Waals surface area contributed by atoms with Gasteiger partial charge in [-0.2, -0.15) is 0 Å². The smallest absolute Gasteiger partial charge is 0.226 e. The summed E-state index contributed by atoms with van der Waals surface area (Å²) in [5, 5.41) is 0. The number of hydrogen-bond donors (Lipinski definition) is 0. The number of hydrogen-bond acceptors (Lipinski definition) is 3. The first kappa shape index (κ1) is 18.9. The third-order valence-electron chi connectivity index (χ3n) is 4.44. The zero-order valence-corrected chi connectivity index (χ0v) is 15.3. The molecule has 0 radical (unpaired) electrons. The van der Waals surface area contributed by atoms with Crippen LogP contribution in [-0.4, -0.2) is 44.0 Å². The van der Waals surface area contributed by atoms with Crippen LogP contribution in [0.5, 0.6) is 0 Å². The van der Waals surface area contributed by atoms with Crippen molar-refractivity contribution in [3.05, 3.63) is 30.3 Å². The van der Waals surface area contributed by atoms with Gasteiger partial charge in [-0.15, -0.1) is 0 Å². The molecular formula is C18H28N2O3S. The monoisotopic (exact) mass is 352 g/mol. The molecule has 5 nitrogen and oxygen atoms in total. The van der Waals surface area contributed by atoms with Gasteiger partial charge in [0, 0.05) is 31.7 Å². The van der Waals surface area contributed by atoms with Crippen molar-refractivity contribution in [1.82, 2.24) is 4.31 Å². The summed E-state index contributed by atoms with van der Waals surface area (Å²) < 4.78 is 26.2. The number of amides is 1. The summed E-state index contributed by atoms with van der Waals surface area (Å²) in [6, 6.07) is 9.59. The molecule has 1 saturated heterocycles. The quantitative estimate of drug-likeness (QED) is 0.676. The van der Waals surface area contributed by atoms with Crippen LogP contribution in [0.15, 0.2) is 30.3 Å². The molecule has 0 atom stereocenters. The lowest BCUT2D eigenvalue weighted by Gasteiger charge is -2.26. The van der Waals surface area contributed by atoms with E-state index < -0.39 is 10.0 Å². The highest BCUT2D eigenvalue weighted by molar-refractivity contribution is 7.89. The minimum absolute atomic E-state index is 0.0547. The molecule has 6 heteroatoms. The van der Waals surface area contributed by atoms with Crippen LogP contribution in [0, 0.1) is 0 Å². The molecule has 1 aromatic carbocycles. The number of carbonyl (C=O) groups excluding carboxylic acids is 1. The molecule has 0 saturated carbocycles. The molecule has 0 aromatic heterocycles. The first-order valence-electron chi connectivity index (χ1n) is 8.88. The maximum Gasteiger partial charge on any atom is 0.226 e. The molecule has 0 N–H and O–H groups in total. The Kier molecular flexibility index (Phi) is 7.24. The van der Waals surface area contributed by atoms with Gasteiger partial charge in [0.15, 0.2) is 0 Å². The molecule has 0 unspecified atom stereocenters. The number of carbonyl (C=O) groups is 1. The number of unbranched alkanes of at least 4 members (excludes halogenated alkanes) is 1. The zero-order chi connectivity index (χ0) is 17.4. The zero-order valence-electron chi connectivity index (χ0n) is 14.5. The van der Waals surface area contributed by atoms with E-state index in [0.29, 0.717) is 38.9 Å². The molecule has 24 heavy (non-hydrogen) atoms. The van der Waals surface area contributed by atoms with Crippen LogP contribution < -0.4 is 4.90 Å². The molecule has 0 aliphatic carbocycles. The van der Waals surface area contributed by atoms with E-state index in [2.05, 4.69) is 0 Å². The van der Waals surface area contributed by atoms with Crippen molar-refractivity contribution in [3.63, 3.8) is 0 Å². The van der Waals surface area contributed by atoms with Gasteiger partial charge in [0.2, 0.25) is 15.9 Å². The van der Waals surface area contributed by atoms with Gasteiger partial charge in [-0.3, -0.25) is 4.79 Å². The Morgan fingerprint density at radius 3 is 2.38 bits per heavy atom. The normalized spacial score (nSPS) is 16.0. The second-order valence-corrected chi connectivity index (χ2v) is 8.29. The van der Waals surface area contributed by atoms with Crippen molar-refractivity contribution in [2.75, 3.05) is 30.3 Å². The van der Waals surface area contributed by atoms with E-state index in [4.69, 9.17) is 0 Å². The molecular weight excluding hydrogens is 324 g/mol. The second-order valence-electron chi connectivity index (χ2n) is 6.21. The minimum Gasteiger partial charge on any atom is -0.313 e. The van der Waals surface area contributed by atoms with Gasteiger partial charge in [-0.25, -0.2) is 12.7 Å². The number of anilines is 1. The Morgan fingerprint density at radius 1 is 1.08 bits per heavy atom. The number of rotatable bonds is 8. The number of benzene rings is 1. The Balaban J connectivity index is 1.77. The highest BCUT2D eigenvalue weighted by Gasteiger charge is 2.23. The van der Waals surface area contributed by atoms with Gasteiger partial charge in [0.1, 0.15) is 0 Å². The molecule has 2 rings (SSSR count). The van der Waals surface area contributed by atoms with E-state index in [1.54, 1.807) is 9.21 Å². The average Bonchev–Trinajstić information content (AvgIpc) is 2.61. The number of nitrogens with zero attached hydrogens (tertiary/aromatic N) is 2. The Labute approximate surface area is 145 Å². The SMILES string of the molecule is CCN(C(=O)CCCCS(=O)(=O)N1CCCCC1)c1ccccc1. The third-order valence-corrected chi connectivity index (χ3v) is 6.39. The second kappa shape index (κ2) is 9.18. The lowest BCUT2D eigenvalue weighted by atomic mass is 10.2. The molecule has 134 valence electrons. The number of sulfonamides is 1. The highest BCUT2D eigenvalue weighted by Crippen LogP contribution is 2.17. The standard InChI is InChI=1S/C18H28N2O3S/c1-2-20(17-11-5-3-6-12-17)18(21)13-7-10-16-24(22,23)19-14-8-4-9-15-19/h3,5-6,11-12H,2,4,7-10,13-16H2,1H3. The van der Waals surface area contributed by atoms with Gasteiger partial charge >= 0.3 is 0 Å². The summed E-state index contributed by atoms with van der Waals surface area (Å²) >= 11 is 0. The minimum atomic E-state index is -3.15. The predicted molar refractivity (Wildman–Crippen MR) is 97.5 cm³/mol. The molecule has 1 amide bonds. The fourth-order valence-corrected chi connectivity index (χ4v) is 4.72. The molecule has 0 bridgehead atoms. The Bertz CT molecular complexity index is 610. The van der Waals surface area contributed by atoms with Crippen molar-refractivity contribution in [3.8, 4) is 0 Å². The summed E-state index contributed by atoms with van der Waals surface area (Å²) in [7, 11) is -3.15. The Hall–Kier alpha value is -1.40. The van der Waals surface area contributed by atoms with E-state index in [0.717, 1.165) is 24.9 Å². The van der Waals surface area contributed by atoms with Crippen LogP contribution in [0.1, 0.15) is 45.4 Å². The predicted octanol–water partition coefficient (Wildman–Crippen LogP) is 3.03.